The summed E-state index contributed by atoms with van der Waals surface area (Å²) in [5.41, 5.74) is 0.634. The van der Waals surface area contributed by atoms with Gasteiger partial charge < -0.3 is 9.84 Å². The van der Waals surface area contributed by atoms with Gasteiger partial charge in [0.15, 0.2) is 5.78 Å². The van der Waals surface area contributed by atoms with E-state index < -0.39 is 6.10 Å². The second kappa shape index (κ2) is 8.79. The van der Waals surface area contributed by atoms with Crippen LogP contribution < -0.4 is 4.74 Å². The number of ether oxygens (including phenoxy) is 1. The third kappa shape index (κ3) is 5.27. The van der Waals surface area contributed by atoms with Crippen molar-refractivity contribution in [1.82, 2.24) is 9.80 Å². The molecule has 0 aromatic heterocycles. The zero-order valence-corrected chi connectivity index (χ0v) is 15.2. The second-order valence-corrected chi connectivity index (χ2v) is 7.32. The largest absolute Gasteiger partial charge is 0.491 e. The van der Waals surface area contributed by atoms with Crippen LogP contribution in [0.15, 0.2) is 24.3 Å². The monoisotopic (exact) mass is 346 g/mol. The number of hydrogen-bond acceptors (Lipinski definition) is 5. The average Bonchev–Trinajstić information content (AvgIpc) is 3.15. The molecule has 1 N–H and O–H groups in total. The first-order valence-electron chi connectivity index (χ1n) is 9.50. The van der Waals surface area contributed by atoms with Crippen LogP contribution in [-0.2, 0) is 0 Å². The SMILES string of the molecule is CC(=O)c1cccc(OCC(O)CN2CCN(C3CCCC3)CC2)c1. The Kier molecular flexibility index (Phi) is 6.45. The van der Waals surface area contributed by atoms with Crippen molar-refractivity contribution in [2.24, 2.45) is 0 Å². The molecule has 1 unspecified atom stereocenters. The Bertz CT molecular complexity index is 564. The summed E-state index contributed by atoms with van der Waals surface area (Å²) in [5.74, 6) is 0.656. The van der Waals surface area contributed by atoms with Crippen molar-refractivity contribution in [3.8, 4) is 5.75 Å². The number of β-amino-alcohol motifs (C(OH)–C–C–N with tert-alkyl or cyclic N) is 1. The van der Waals surface area contributed by atoms with Gasteiger partial charge >= 0.3 is 0 Å². The molecule has 0 amide bonds. The van der Waals surface area contributed by atoms with Crippen LogP contribution in [0.4, 0.5) is 0 Å². The Hall–Kier alpha value is -1.43. The van der Waals surface area contributed by atoms with Gasteiger partial charge in [-0.05, 0) is 31.9 Å². The minimum atomic E-state index is -0.515. The van der Waals surface area contributed by atoms with E-state index in [0.29, 0.717) is 17.9 Å². The Morgan fingerprint density at radius 1 is 1.24 bits per heavy atom. The van der Waals surface area contributed by atoms with Crippen molar-refractivity contribution in [3.05, 3.63) is 29.8 Å². The molecule has 138 valence electrons. The van der Waals surface area contributed by atoms with Crippen molar-refractivity contribution >= 4 is 5.78 Å². The van der Waals surface area contributed by atoms with Crippen molar-refractivity contribution < 1.29 is 14.6 Å². The van der Waals surface area contributed by atoms with Crippen molar-refractivity contribution in [2.45, 2.75) is 44.8 Å². The first-order valence-corrected chi connectivity index (χ1v) is 9.50. The van der Waals surface area contributed by atoms with Gasteiger partial charge in [-0.25, -0.2) is 0 Å². The quantitative estimate of drug-likeness (QED) is 0.767. The first kappa shape index (κ1) is 18.4. The Morgan fingerprint density at radius 2 is 1.96 bits per heavy atom. The third-order valence-electron chi connectivity index (χ3n) is 5.40. The molecule has 2 aliphatic rings. The third-order valence-corrected chi connectivity index (χ3v) is 5.40. The molecule has 1 saturated carbocycles. The normalized spacial score (nSPS) is 21.4. The van der Waals surface area contributed by atoms with Crippen LogP contribution in [-0.4, -0.2) is 72.2 Å². The van der Waals surface area contributed by atoms with Crippen molar-refractivity contribution in [2.75, 3.05) is 39.3 Å². The van der Waals surface area contributed by atoms with Crippen molar-refractivity contribution in [3.63, 3.8) is 0 Å². The number of Topliss-reactive ketones (excluding diaryl/α,β-unsaturated/α-hetero) is 1. The molecule has 1 aliphatic carbocycles. The topological polar surface area (TPSA) is 53.0 Å². The van der Waals surface area contributed by atoms with Crippen LogP contribution in [0.3, 0.4) is 0 Å². The number of benzene rings is 1. The van der Waals surface area contributed by atoms with Crippen LogP contribution in [0.1, 0.15) is 43.0 Å². The number of ketones is 1. The molecule has 5 nitrogen and oxygen atoms in total. The molecule has 1 heterocycles. The maximum absolute atomic E-state index is 11.4. The van der Waals surface area contributed by atoms with Gasteiger partial charge in [0.2, 0.25) is 0 Å². The molecule has 1 aromatic rings. The fourth-order valence-corrected chi connectivity index (χ4v) is 3.93. The number of nitrogens with zero attached hydrogens (tertiary/aromatic N) is 2. The van der Waals surface area contributed by atoms with Crippen LogP contribution >= 0.6 is 0 Å². The lowest BCUT2D eigenvalue weighted by Crippen LogP contribution is -2.51. The molecule has 1 aliphatic heterocycles. The van der Waals surface area contributed by atoms with E-state index in [0.717, 1.165) is 32.2 Å². The fourth-order valence-electron chi connectivity index (χ4n) is 3.93. The molecule has 25 heavy (non-hydrogen) atoms. The van der Waals surface area contributed by atoms with Crippen molar-refractivity contribution in [1.29, 1.82) is 0 Å². The molecule has 2 fully saturated rings. The lowest BCUT2D eigenvalue weighted by atomic mass is 10.1. The van der Waals surface area contributed by atoms with Gasteiger partial charge in [-0.3, -0.25) is 14.6 Å². The van der Waals surface area contributed by atoms with Crippen LogP contribution in [0, 0.1) is 0 Å². The summed E-state index contributed by atoms with van der Waals surface area (Å²) in [6, 6.07) is 7.93. The molecule has 3 rings (SSSR count). The van der Waals surface area contributed by atoms with E-state index in [1.54, 1.807) is 25.1 Å². The van der Waals surface area contributed by atoms with Gasteiger partial charge in [-0.2, -0.15) is 0 Å². The van der Waals surface area contributed by atoms with E-state index in [1.165, 1.54) is 25.7 Å². The predicted molar refractivity (Wildman–Crippen MR) is 98.2 cm³/mol. The standard InChI is InChI=1S/C20H30N2O3/c1-16(23)17-5-4-8-20(13-17)25-15-19(24)14-21-9-11-22(12-10-21)18-6-2-3-7-18/h4-5,8,13,18-19,24H,2-3,6-7,9-12,14-15H2,1H3. The zero-order valence-electron chi connectivity index (χ0n) is 15.2. The minimum Gasteiger partial charge on any atom is -0.491 e. The Morgan fingerprint density at radius 3 is 2.64 bits per heavy atom. The highest BCUT2D eigenvalue weighted by Gasteiger charge is 2.26. The highest BCUT2D eigenvalue weighted by Crippen LogP contribution is 2.24. The average molecular weight is 346 g/mol. The zero-order chi connectivity index (χ0) is 17.6. The van der Waals surface area contributed by atoms with Crippen LogP contribution in [0.2, 0.25) is 0 Å². The number of piperazine rings is 1. The summed E-state index contributed by atoms with van der Waals surface area (Å²) >= 11 is 0. The molecule has 5 heteroatoms. The summed E-state index contributed by atoms with van der Waals surface area (Å²) in [6.45, 7) is 6.70. The number of hydrogen-bond donors (Lipinski definition) is 1. The van der Waals surface area contributed by atoms with E-state index in [1.807, 2.05) is 6.07 Å². The molecule has 1 aromatic carbocycles. The molecule has 1 saturated heterocycles. The highest BCUT2D eigenvalue weighted by molar-refractivity contribution is 5.94. The lowest BCUT2D eigenvalue weighted by molar-refractivity contribution is 0.0370. The van der Waals surface area contributed by atoms with Crippen LogP contribution in [0.5, 0.6) is 5.75 Å². The Labute approximate surface area is 150 Å². The van der Waals surface area contributed by atoms with Gasteiger partial charge in [-0.15, -0.1) is 0 Å². The van der Waals surface area contributed by atoms with Gasteiger partial charge in [0, 0.05) is 44.3 Å². The van der Waals surface area contributed by atoms with Gasteiger partial charge in [0.1, 0.15) is 18.5 Å². The van der Waals surface area contributed by atoms with E-state index in [9.17, 15) is 9.90 Å². The molecule has 0 radical (unpaired) electrons. The number of carbonyl (C=O) groups excluding carboxylic acids is 1. The minimum absolute atomic E-state index is 0.0196. The smallest absolute Gasteiger partial charge is 0.159 e. The maximum Gasteiger partial charge on any atom is 0.159 e. The number of rotatable bonds is 7. The van der Waals surface area contributed by atoms with Gasteiger partial charge in [-0.1, -0.05) is 25.0 Å². The molecular weight excluding hydrogens is 316 g/mol. The lowest BCUT2D eigenvalue weighted by Gasteiger charge is -2.38. The summed E-state index contributed by atoms with van der Waals surface area (Å²) in [6.07, 6.45) is 4.96. The number of aliphatic hydroxyl groups is 1. The van der Waals surface area contributed by atoms with E-state index in [-0.39, 0.29) is 12.4 Å². The van der Waals surface area contributed by atoms with E-state index >= 15 is 0 Å². The number of aliphatic hydroxyl groups excluding tert-OH is 1. The van der Waals surface area contributed by atoms with Gasteiger partial charge in [0.05, 0.1) is 0 Å². The number of carbonyl (C=O) groups is 1. The highest BCUT2D eigenvalue weighted by atomic mass is 16.5. The van der Waals surface area contributed by atoms with Crippen LogP contribution in [0.25, 0.3) is 0 Å². The van der Waals surface area contributed by atoms with E-state index in [4.69, 9.17) is 4.74 Å². The van der Waals surface area contributed by atoms with Gasteiger partial charge in [0.25, 0.3) is 0 Å². The molecule has 1 atom stereocenters. The summed E-state index contributed by atoms with van der Waals surface area (Å²) in [7, 11) is 0. The fraction of sp³-hybridized carbons (Fsp3) is 0.650. The Balaban J connectivity index is 1.39. The maximum atomic E-state index is 11.4. The molecular formula is C20H30N2O3. The summed E-state index contributed by atoms with van der Waals surface area (Å²) in [4.78, 5) is 16.4. The van der Waals surface area contributed by atoms with E-state index in [2.05, 4.69) is 9.80 Å². The predicted octanol–water partition coefficient (Wildman–Crippen LogP) is 2.19. The molecule has 0 bridgehead atoms. The first-order chi connectivity index (χ1) is 12.1. The molecule has 0 spiro atoms. The summed E-state index contributed by atoms with van der Waals surface area (Å²) in [5, 5.41) is 10.3. The second-order valence-electron chi connectivity index (χ2n) is 7.32. The summed E-state index contributed by atoms with van der Waals surface area (Å²) < 4.78 is 5.66.